The highest BCUT2D eigenvalue weighted by Gasteiger charge is 2.14. The number of benzene rings is 2. The molecule has 6 heteroatoms. The average molecular weight is 356 g/mol. The molecule has 1 amide bonds. The first kappa shape index (κ1) is 17.8. The maximum atomic E-state index is 13.8. The number of carbonyl (C=O) groups is 1. The summed E-state index contributed by atoms with van der Waals surface area (Å²) >= 11 is 0. The summed E-state index contributed by atoms with van der Waals surface area (Å²) in [5, 5.41) is 2.79. The molecule has 2 aromatic carbocycles. The minimum absolute atomic E-state index is 0.160. The van der Waals surface area contributed by atoms with Gasteiger partial charge in [-0.2, -0.15) is 0 Å². The van der Waals surface area contributed by atoms with Gasteiger partial charge in [0, 0.05) is 13.0 Å². The van der Waals surface area contributed by atoms with Crippen LogP contribution in [0.3, 0.4) is 0 Å². The van der Waals surface area contributed by atoms with Crippen LogP contribution in [0.25, 0.3) is 11.5 Å². The van der Waals surface area contributed by atoms with Gasteiger partial charge in [0.05, 0.1) is 17.7 Å². The van der Waals surface area contributed by atoms with Gasteiger partial charge < -0.3 is 9.73 Å². The average Bonchev–Trinajstić information content (AvgIpc) is 2.98. The molecule has 0 saturated heterocycles. The number of aromatic nitrogens is 1. The first-order valence-corrected chi connectivity index (χ1v) is 8.25. The number of hydrogen-bond acceptors (Lipinski definition) is 3. The molecule has 0 aliphatic rings. The quantitative estimate of drug-likeness (QED) is 0.730. The summed E-state index contributed by atoms with van der Waals surface area (Å²) < 4.78 is 32.2. The van der Waals surface area contributed by atoms with E-state index in [9.17, 15) is 13.6 Å². The normalized spacial score (nSPS) is 10.7. The molecule has 0 radical (unpaired) electrons. The summed E-state index contributed by atoms with van der Waals surface area (Å²) in [6, 6.07) is 12.1. The monoisotopic (exact) mass is 356 g/mol. The maximum Gasteiger partial charge on any atom is 0.229 e. The molecule has 0 unspecified atom stereocenters. The van der Waals surface area contributed by atoms with Crippen molar-refractivity contribution in [3.8, 4) is 11.5 Å². The number of carbonyl (C=O) groups excluding carboxylic acids is 1. The summed E-state index contributed by atoms with van der Waals surface area (Å²) in [6.45, 7) is 2.14. The zero-order valence-electron chi connectivity index (χ0n) is 14.3. The van der Waals surface area contributed by atoms with E-state index in [-0.39, 0.29) is 24.0 Å². The maximum absolute atomic E-state index is 13.8. The van der Waals surface area contributed by atoms with Crippen molar-refractivity contribution in [2.24, 2.45) is 0 Å². The van der Waals surface area contributed by atoms with Crippen LogP contribution < -0.4 is 5.32 Å². The second-order valence-electron chi connectivity index (χ2n) is 5.90. The van der Waals surface area contributed by atoms with Crippen molar-refractivity contribution in [1.82, 2.24) is 10.3 Å². The van der Waals surface area contributed by atoms with E-state index in [0.717, 1.165) is 5.56 Å². The molecule has 4 nitrogen and oxygen atoms in total. The Morgan fingerprint density at radius 1 is 1.12 bits per heavy atom. The lowest BCUT2D eigenvalue weighted by Crippen LogP contribution is -2.27. The fraction of sp³-hybridized carbons (Fsp3) is 0.200. The van der Waals surface area contributed by atoms with E-state index in [2.05, 4.69) is 10.3 Å². The van der Waals surface area contributed by atoms with Crippen LogP contribution in [0.2, 0.25) is 0 Å². The molecule has 0 bridgehead atoms. The van der Waals surface area contributed by atoms with Crippen molar-refractivity contribution >= 4 is 5.91 Å². The van der Waals surface area contributed by atoms with Crippen LogP contribution in [0.15, 0.2) is 52.9 Å². The summed E-state index contributed by atoms with van der Waals surface area (Å²) in [7, 11) is 0. The van der Waals surface area contributed by atoms with Gasteiger partial charge in [0.15, 0.2) is 0 Å². The standard InChI is InChI=1S/C20H18F2N2O2/c1-13-18(24-20(26-13)16-4-2-3-5-17(16)22)10-11-23-19(25)12-14-6-8-15(21)9-7-14/h2-9H,10-12H2,1H3,(H,23,25). The van der Waals surface area contributed by atoms with Gasteiger partial charge in [-0.05, 0) is 36.8 Å². The van der Waals surface area contributed by atoms with Crippen molar-refractivity contribution in [2.45, 2.75) is 19.8 Å². The number of aryl methyl sites for hydroxylation is 1. The van der Waals surface area contributed by atoms with Gasteiger partial charge in [-0.1, -0.05) is 24.3 Å². The summed E-state index contributed by atoms with van der Waals surface area (Å²) in [6.07, 6.45) is 0.650. The van der Waals surface area contributed by atoms with Crippen LogP contribution in [0.5, 0.6) is 0 Å². The molecule has 0 atom stereocenters. The Morgan fingerprint density at radius 2 is 1.85 bits per heavy atom. The molecule has 0 fully saturated rings. The summed E-state index contributed by atoms with van der Waals surface area (Å²) in [5.41, 5.74) is 1.72. The highest BCUT2D eigenvalue weighted by atomic mass is 19.1. The second-order valence-corrected chi connectivity index (χ2v) is 5.90. The minimum atomic E-state index is -0.395. The van der Waals surface area contributed by atoms with Crippen molar-refractivity contribution in [1.29, 1.82) is 0 Å². The molecule has 0 spiro atoms. The van der Waals surface area contributed by atoms with Gasteiger partial charge in [0.25, 0.3) is 0 Å². The van der Waals surface area contributed by atoms with Crippen LogP contribution in [-0.4, -0.2) is 17.4 Å². The molecular weight excluding hydrogens is 338 g/mol. The van der Waals surface area contributed by atoms with Crippen LogP contribution >= 0.6 is 0 Å². The zero-order valence-corrected chi connectivity index (χ0v) is 14.3. The largest absolute Gasteiger partial charge is 0.441 e. The lowest BCUT2D eigenvalue weighted by molar-refractivity contribution is -0.120. The molecule has 3 aromatic rings. The fourth-order valence-corrected chi connectivity index (χ4v) is 2.58. The summed E-state index contributed by atoms with van der Waals surface area (Å²) in [5.74, 6) is -0.0643. The third kappa shape index (κ3) is 4.33. The molecule has 0 aliphatic carbocycles. The predicted octanol–water partition coefficient (Wildman–Crippen LogP) is 3.83. The number of rotatable bonds is 6. The Labute approximate surface area is 149 Å². The molecule has 26 heavy (non-hydrogen) atoms. The van der Waals surface area contributed by atoms with Crippen LogP contribution in [0.1, 0.15) is 17.0 Å². The predicted molar refractivity (Wildman–Crippen MR) is 93.5 cm³/mol. The topological polar surface area (TPSA) is 55.1 Å². The Morgan fingerprint density at radius 3 is 2.58 bits per heavy atom. The van der Waals surface area contributed by atoms with Crippen molar-refractivity contribution < 1.29 is 18.0 Å². The molecule has 0 saturated carbocycles. The van der Waals surface area contributed by atoms with Crippen LogP contribution in [0, 0.1) is 18.6 Å². The Balaban J connectivity index is 1.56. The molecule has 1 N–H and O–H groups in total. The number of oxazole rings is 1. The van der Waals surface area contributed by atoms with E-state index in [1.54, 1.807) is 37.3 Å². The number of nitrogens with zero attached hydrogens (tertiary/aromatic N) is 1. The third-order valence-electron chi connectivity index (χ3n) is 3.96. The highest BCUT2D eigenvalue weighted by Crippen LogP contribution is 2.24. The smallest absolute Gasteiger partial charge is 0.229 e. The lowest BCUT2D eigenvalue weighted by Gasteiger charge is -2.04. The zero-order chi connectivity index (χ0) is 18.5. The second kappa shape index (κ2) is 7.91. The number of amides is 1. The SMILES string of the molecule is Cc1oc(-c2ccccc2F)nc1CCNC(=O)Cc1ccc(F)cc1. The first-order valence-electron chi connectivity index (χ1n) is 8.25. The van der Waals surface area contributed by atoms with Crippen molar-refractivity contribution in [2.75, 3.05) is 6.54 Å². The van der Waals surface area contributed by atoms with Gasteiger partial charge >= 0.3 is 0 Å². The van der Waals surface area contributed by atoms with Gasteiger partial charge in [0.2, 0.25) is 11.8 Å². The molecular formula is C20H18F2N2O2. The lowest BCUT2D eigenvalue weighted by atomic mass is 10.1. The van der Waals surface area contributed by atoms with Gasteiger partial charge in [-0.25, -0.2) is 13.8 Å². The Bertz CT molecular complexity index is 904. The van der Waals surface area contributed by atoms with Crippen molar-refractivity contribution in [3.63, 3.8) is 0 Å². The van der Waals surface area contributed by atoms with E-state index >= 15 is 0 Å². The molecule has 0 aliphatic heterocycles. The fourth-order valence-electron chi connectivity index (χ4n) is 2.58. The van der Waals surface area contributed by atoms with Crippen LogP contribution in [-0.2, 0) is 17.6 Å². The van der Waals surface area contributed by atoms with E-state index in [1.165, 1.54) is 18.2 Å². The van der Waals surface area contributed by atoms with E-state index in [4.69, 9.17) is 4.42 Å². The molecule has 1 heterocycles. The van der Waals surface area contributed by atoms with Gasteiger partial charge in [-0.15, -0.1) is 0 Å². The number of hydrogen-bond donors (Lipinski definition) is 1. The van der Waals surface area contributed by atoms with E-state index in [0.29, 0.717) is 30.0 Å². The molecule has 134 valence electrons. The Kier molecular flexibility index (Phi) is 5.41. The first-order chi connectivity index (χ1) is 12.5. The van der Waals surface area contributed by atoms with Crippen LogP contribution in [0.4, 0.5) is 8.78 Å². The number of nitrogens with one attached hydrogen (secondary N) is 1. The molecule has 1 aromatic heterocycles. The van der Waals surface area contributed by atoms with Gasteiger partial charge in [0.1, 0.15) is 17.4 Å². The number of halogens is 2. The Hall–Kier alpha value is -3.02. The molecule has 3 rings (SSSR count). The highest BCUT2D eigenvalue weighted by molar-refractivity contribution is 5.78. The van der Waals surface area contributed by atoms with Crippen molar-refractivity contribution in [3.05, 3.63) is 77.2 Å². The summed E-state index contributed by atoms with van der Waals surface area (Å²) in [4.78, 5) is 16.3. The van der Waals surface area contributed by atoms with E-state index in [1.807, 2.05) is 0 Å². The third-order valence-corrected chi connectivity index (χ3v) is 3.96. The minimum Gasteiger partial charge on any atom is -0.441 e. The van der Waals surface area contributed by atoms with Gasteiger partial charge in [-0.3, -0.25) is 4.79 Å². The van der Waals surface area contributed by atoms with E-state index < -0.39 is 5.82 Å².